The van der Waals surface area contributed by atoms with Crippen LogP contribution in [0, 0.1) is 33.0 Å². The predicted molar refractivity (Wildman–Crippen MR) is 97.3 cm³/mol. The van der Waals surface area contributed by atoms with Crippen molar-refractivity contribution in [1.29, 1.82) is 0 Å². The number of nitrogens with one attached hydrogen (secondary N) is 1. The number of halogens is 2. The summed E-state index contributed by atoms with van der Waals surface area (Å²) in [5.74, 6) is 1.42. The Labute approximate surface area is 152 Å². The van der Waals surface area contributed by atoms with Gasteiger partial charge in [0.25, 0.3) is 0 Å². The van der Waals surface area contributed by atoms with E-state index in [9.17, 15) is 0 Å². The first-order valence-corrected chi connectivity index (χ1v) is 9.08. The van der Waals surface area contributed by atoms with Gasteiger partial charge in [-0.15, -0.1) is 37.4 Å². The van der Waals surface area contributed by atoms with Gasteiger partial charge >= 0.3 is 26.8 Å². The SMILES string of the molecule is C[C-](C)C.Cl.Cl.[C-]1=CC=CC1.[CH3-].[CH3-].[SiH2]=[Ti].[c-]1ccc[nH]1. The van der Waals surface area contributed by atoms with Crippen molar-refractivity contribution in [2.24, 2.45) is 0 Å². The van der Waals surface area contributed by atoms with Crippen LogP contribution in [0.3, 0.4) is 0 Å². The van der Waals surface area contributed by atoms with Crippen molar-refractivity contribution in [3.8, 4) is 0 Å². The molecule has 1 aliphatic carbocycles. The molecule has 1 aliphatic rings. The van der Waals surface area contributed by atoms with Gasteiger partial charge in [0, 0.05) is 0 Å². The standard InChI is InChI=1S/C5H5.C4H4N.C4H9.2CH3.2ClH.H2Si.Ti/c2*1-2-4-5-3-1;1-4(2)3;;;;;;/h1-3H,4H2;1-3,5H;1-3H3;2*1H3;2*1H;1H2;/q5*-1;;;;. The summed E-state index contributed by atoms with van der Waals surface area (Å²) in [6, 6.07) is 3.71. The van der Waals surface area contributed by atoms with E-state index in [1.807, 2.05) is 57.3 Å². The van der Waals surface area contributed by atoms with Crippen LogP contribution in [-0.2, 0) is 19.2 Å². The van der Waals surface area contributed by atoms with E-state index in [1.54, 1.807) is 0 Å². The molecule has 1 aromatic heterocycles. The third-order valence-corrected chi connectivity index (χ3v) is 1.03. The Morgan fingerprint density at radius 3 is 1.75 bits per heavy atom. The molecule has 1 N–H and O–H groups in total. The van der Waals surface area contributed by atoms with E-state index in [4.69, 9.17) is 0 Å². The Bertz CT molecular complexity index is 233. The zero-order chi connectivity index (χ0) is 12.6. The summed E-state index contributed by atoms with van der Waals surface area (Å²) in [4.78, 5) is 2.74. The van der Waals surface area contributed by atoms with E-state index in [-0.39, 0.29) is 39.7 Å². The van der Waals surface area contributed by atoms with E-state index >= 15 is 0 Å². The molecular weight excluding hydrogens is 341 g/mol. The van der Waals surface area contributed by atoms with E-state index in [0.29, 0.717) is 0 Å². The molecule has 0 unspecified atom stereocenters. The number of rotatable bonds is 0. The first-order valence-electron chi connectivity index (χ1n) is 5.06. The molecular formula is C15H28Cl2NSiTi-5. The molecule has 0 bridgehead atoms. The fraction of sp³-hybridized carbons (Fsp3) is 0.267. The van der Waals surface area contributed by atoms with Gasteiger partial charge in [-0.25, -0.2) is 12.2 Å². The van der Waals surface area contributed by atoms with Crippen LogP contribution < -0.4 is 0 Å². The largest absolute Gasteiger partial charge is 0.484 e. The van der Waals surface area contributed by atoms with Crippen LogP contribution in [0.2, 0.25) is 0 Å². The molecule has 0 spiro atoms. The van der Waals surface area contributed by atoms with Crippen molar-refractivity contribution >= 4 is 32.4 Å². The third-order valence-electron chi connectivity index (χ3n) is 1.03. The zero-order valence-electron chi connectivity index (χ0n) is 13.2. The molecule has 0 aromatic carbocycles. The number of aromatic nitrogens is 1. The van der Waals surface area contributed by atoms with E-state index in [0.717, 1.165) is 6.42 Å². The monoisotopic (exact) mass is 368 g/mol. The van der Waals surface area contributed by atoms with E-state index in [1.165, 1.54) is 5.92 Å². The van der Waals surface area contributed by atoms with Crippen molar-refractivity contribution in [2.45, 2.75) is 27.2 Å². The predicted octanol–water partition coefficient (Wildman–Crippen LogP) is 4.57. The summed E-state index contributed by atoms with van der Waals surface area (Å²) in [5, 5.41) is 0. The second-order valence-electron chi connectivity index (χ2n) is 3.32. The summed E-state index contributed by atoms with van der Waals surface area (Å²) in [6.07, 6.45) is 14.6. The molecule has 0 fully saturated rings. The topological polar surface area (TPSA) is 15.8 Å². The normalized spacial score (nSPS) is 8.35. The van der Waals surface area contributed by atoms with Gasteiger partial charge in [-0.05, 0) is 0 Å². The second-order valence-corrected chi connectivity index (χ2v) is 3.32. The number of allylic oxidation sites excluding steroid dienone is 4. The quantitative estimate of drug-likeness (QED) is 0.510. The number of hydrogen-bond donors (Lipinski definition) is 1. The Hall–Kier alpha value is 0.271. The third kappa shape index (κ3) is 51.7. The molecule has 0 aliphatic heterocycles. The zero-order valence-corrected chi connectivity index (χ0v) is 17.8. The van der Waals surface area contributed by atoms with Gasteiger partial charge in [-0.2, -0.15) is 45.2 Å². The van der Waals surface area contributed by atoms with Crippen LogP contribution in [0.1, 0.15) is 27.2 Å². The molecule has 2 rings (SSSR count). The van der Waals surface area contributed by atoms with Gasteiger partial charge in [-0.1, -0.05) is 0 Å². The van der Waals surface area contributed by atoms with Gasteiger partial charge < -0.3 is 25.8 Å². The number of hydrogen-bond acceptors (Lipinski definition) is 0. The van der Waals surface area contributed by atoms with Crippen molar-refractivity contribution in [3.63, 3.8) is 0 Å². The number of aromatic amines is 1. The molecule has 0 radical (unpaired) electrons. The van der Waals surface area contributed by atoms with Gasteiger partial charge in [-0.3, -0.25) is 6.08 Å². The molecule has 0 amide bonds. The Morgan fingerprint density at radius 1 is 1.15 bits per heavy atom. The van der Waals surface area contributed by atoms with Gasteiger partial charge in [0.1, 0.15) is 0 Å². The van der Waals surface area contributed by atoms with Crippen molar-refractivity contribution in [3.05, 3.63) is 69.6 Å². The minimum atomic E-state index is 0. The second kappa shape index (κ2) is 36.5. The van der Waals surface area contributed by atoms with E-state index < -0.39 is 0 Å². The maximum Gasteiger partial charge on any atom is -0.108 e. The molecule has 0 saturated heterocycles. The fourth-order valence-corrected chi connectivity index (χ4v) is 0.581. The number of H-pyrrole nitrogens is 1. The van der Waals surface area contributed by atoms with E-state index in [2.05, 4.69) is 44.1 Å². The fourth-order valence-electron chi connectivity index (χ4n) is 0.581. The van der Waals surface area contributed by atoms with Crippen molar-refractivity contribution in [1.82, 2.24) is 4.98 Å². The summed E-state index contributed by atoms with van der Waals surface area (Å²) < 4.78 is 0. The molecule has 1 nitrogen and oxygen atoms in total. The molecule has 120 valence electrons. The van der Waals surface area contributed by atoms with Crippen molar-refractivity contribution < 1.29 is 19.2 Å². The molecule has 1 heterocycles. The first-order chi connectivity index (χ1) is 7.73. The molecule has 0 atom stereocenters. The van der Waals surface area contributed by atoms with Crippen LogP contribution in [0.25, 0.3) is 0 Å². The Morgan fingerprint density at radius 2 is 1.65 bits per heavy atom. The van der Waals surface area contributed by atoms with Crippen molar-refractivity contribution in [2.75, 3.05) is 0 Å². The first kappa shape index (κ1) is 37.0. The smallest absolute Gasteiger partial charge is 0.108 e. The van der Waals surface area contributed by atoms with Gasteiger partial charge in [0.2, 0.25) is 0 Å². The van der Waals surface area contributed by atoms with Gasteiger partial charge in [0.15, 0.2) is 0 Å². The van der Waals surface area contributed by atoms with Crippen LogP contribution in [-0.4, -0.2) is 12.6 Å². The average molecular weight is 369 g/mol. The minimum Gasteiger partial charge on any atom is -0.484 e. The molecule has 20 heavy (non-hydrogen) atoms. The summed E-state index contributed by atoms with van der Waals surface area (Å²) in [5.41, 5.74) is 0. The maximum absolute atomic E-state index is 2.99. The van der Waals surface area contributed by atoms with Crippen LogP contribution in [0.4, 0.5) is 0 Å². The maximum atomic E-state index is 2.99. The minimum absolute atomic E-state index is 0. The molecule has 5 heteroatoms. The average Bonchev–Trinajstić information content (AvgIpc) is 2.99. The molecule has 1 aromatic rings. The summed E-state index contributed by atoms with van der Waals surface area (Å²) >= 11 is 2.03. The van der Waals surface area contributed by atoms with Crippen LogP contribution >= 0.6 is 24.8 Å². The molecule has 0 saturated carbocycles. The van der Waals surface area contributed by atoms with Gasteiger partial charge in [0.05, 0.1) is 0 Å². The summed E-state index contributed by atoms with van der Waals surface area (Å²) in [6.45, 7) is 6.25. The van der Waals surface area contributed by atoms with Crippen LogP contribution in [0.15, 0.2) is 36.6 Å². The summed E-state index contributed by atoms with van der Waals surface area (Å²) in [7, 11) is 1.86. The Kier molecular flexibility index (Phi) is 67.5. The van der Waals surface area contributed by atoms with Crippen LogP contribution in [0.5, 0.6) is 0 Å². The Balaban J connectivity index is -0.0000000318.